The lowest BCUT2D eigenvalue weighted by Gasteiger charge is -2.37. The summed E-state index contributed by atoms with van der Waals surface area (Å²) in [6.07, 6.45) is 0. The molecule has 15 aromatic rings. The minimum atomic E-state index is -0.384. The van der Waals surface area contributed by atoms with Gasteiger partial charge in [-0.3, -0.25) is 0 Å². The van der Waals surface area contributed by atoms with Gasteiger partial charge in [0.2, 0.25) is 0 Å². The Morgan fingerprint density at radius 2 is 0.575 bits per heavy atom. The smallest absolute Gasteiger partial charge is 0.164 e. The number of rotatable bonds is 9. The molecule has 0 saturated heterocycles. The van der Waals surface area contributed by atoms with Crippen molar-refractivity contribution in [1.82, 2.24) is 39.0 Å². The fourth-order valence-electron chi connectivity index (χ4n) is 13.8. The summed E-state index contributed by atoms with van der Waals surface area (Å²) in [5, 5.41) is 4.50. The molecule has 0 amide bonds. The summed E-state index contributed by atoms with van der Waals surface area (Å²) in [7, 11) is 0. The van der Waals surface area contributed by atoms with Crippen molar-refractivity contribution < 1.29 is 0 Å². The van der Waals surface area contributed by atoms with E-state index in [-0.39, 0.29) is 10.8 Å². The van der Waals surface area contributed by atoms with Crippen LogP contribution in [0.25, 0.3) is 123 Å². The highest BCUT2D eigenvalue weighted by molar-refractivity contribution is 6.16. The number of benzene rings is 11. The largest absolute Gasteiger partial charge is 0.310 e. The Morgan fingerprint density at radius 1 is 0.264 bits per heavy atom. The average Bonchev–Trinajstić information content (AvgIpc) is 1.60. The molecule has 2 aliphatic heterocycles. The Labute approximate surface area is 503 Å². The van der Waals surface area contributed by atoms with Crippen LogP contribution in [0.4, 0.5) is 17.1 Å². The Morgan fingerprint density at radius 3 is 0.931 bits per heavy atom. The highest BCUT2D eigenvalue weighted by atomic mass is 15.1. The Balaban J connectivity index is 0.921. The van der Waals surface area contributed by atoms with E-state index >= 15 is 0 Å². The molecule has 0 aliphatic carbocycles. The van der Waals surface area contributed by atoms with Crippen molar-refractivity contribution in [3.05, 3.63) is 283 Å². The standard InChI is InChI=1S/C78H55N9/c1-77(2)61-34-20-22-36-67(61)86-65-40-38-52(75-81-71(48-24-10-5-11-25-48)79-72(82-75)49-26-12-6-13-27-49)42-57(65)59-44-55(46-63(77)69(59)86)85(54-32-18-9-19-33-54)56-45-60-58-43-53(39-41-66(58)87-68-37-23-21-35-62(68)78(3,4)64(47-56)70(60)87)76-83-73(50-28-14-7-15-29-50)80-74(84-76)51-30-16-8-17-31-51/h5-47H,1-4H3. The Bertz CT molecular complexity index is 4840. The zero-order chi connectivity index (χ0) is 58.1. The molecule has 4 aromatic heterocycles. The first-order chi connectivity index (χ1) is 42.6. The van der Waals surface area contributed by atoms with Crippen molar-refractivity contribution in [3.8, 4) is 79.7 Å². The van der Waals surface area contributed by atoms with Gasteiger partial charge in [0, 0.05) is 82.8 Å². The summed E-state index contributed by atoms with van der Waals surface area (Å²) < 4.78 is 4.97. The number of hydrogen-bond donors (Lipinski definition) is 0. The highest BCUT2D eigenvalue weighted by Gasteiger charge is 2.39. The van der Waals surface area contributed by atoms with Gasteiger partial charge in [-0.1, -0.05) is 204 Å². The van der Waals surface area contributed by atoms with Gasteiger partial charge in [-0.15, -0.1) is 0 Å². The summed E-state index contributed by atoms with van der Waals surface area (Å²) in [4.78, 5) is 33.5. The Hall–Kier alpha value is -11.2. The van der Waals surface area contributed by atoms with Gasteiger partial charge in [0.1, 0.15) is 0 Å². The monoisotopic (exact) mass is 1120 g/mol. The molecule has 0 bridgehead atoms. The fourth-order valence-corrected chi connectivity index (χ4v) is 13.8. The maximum Gasteiger partial charge on any atom is 0.164 e. The molecular weight excluding hydrogens is 1060 g/mol. The van der Waals surface area contributed by atoms with Gasteiger partial charge in [-0.25, -0.2) is 29.9 Å². The van der Waals surface area contributed by atoms with Crippen molar-refractivity contribution in [2.24, 2.45) is 0 Å². The van der Waals surface area contributed by atoms with Gasteiger partial charge in [-0.05, 0) is 107 Å². The maximum atomic E-state index is 5.23. The normalized spacial score (nSPS) is 13.5. The summed E-state index contributed by atoms with van der Waals surface area (Å²) in [6.45, 7) is 9.52. The van der Waals surface area contributed by atoms with E-state index in [2.05, 4.69) is 230 Å². The van der Waals surface area contributed by atoms with Crippen LogP contribution >= 0.6 is 0 Å². The van der Waals surface area contributed by atoms with E-state index < -0.39 is 0 Å². The van der Waals surface area contributed by atoms with Crippen molar-refractivity contribution >= 4 is 60.7 Å². The molecule has 6 heterocycles. The molecule has 0 spiro atoms. The molecule has 2 aliphatic rings. The van der Waals surface area contributed by atoms with E-state index in [1.54, 1.807) is 0 Å². The summed E-state index contributed by atoms with van der Waals surface area (Å²) in [6, 6.07) is 92.7. The second kappa shape index (κ2) is 19.2. The van der Waals surface area contributed by atoms with Crippen LogP contribution in [0, 0.1) is 0 Å². The second-order valence-electron chi connectivity index (χ2n) is 23.9. The molecule has 11 aromatic carbocycles. The van der Waals surface area contributed by atoms with E-state index in [1.807, 2.05) is 72.8 Å². The molecule has 17 rings (SSSR count). The van der Waals surface area contributed by atoms with Crippen molar-refractivity contribution in [2.45, 2.75) is 38.5 Å². The molecule has 0 fully saturated rings. The third kappa shape index (κ3) is 7.85. The molecular formula is C78H55N9. The summed E-state index contributed by atoms with van der Waals surface area (Å²) in [5.41, 5.74) is 19.9. The highest BCUT2D eigenvalue weighted by Crippen LogP contribution is 2.54. The predicted molar refractivity (Wildman–Crippen MR) is 353 cm³/mol. The van der Waals surface area contributed by atoms with E-state index in [9.17, 15) is 0 Å². The zero-order valence-electron chi connectivity index (χ0n) is 48.4. The number of hydrogen-bond acceptors (Lipinski definition) is 7. The van der Waals surface area contributed by atoms with Crippen molar-refractivity contribution in [1.29, 1.82) is 0 Å². The summed E-state index contributed by atoms with van der Waals surface area (Å²) >= 11 is 0. The minimum Gasteiger partial charge on any atom is -0.310 e. The van der Waals surface area contributed by atoms with E-state index in [1.165, 1.54) is 44.7 Å². The molecule has 0 unspecified atom stereocenters. The van der Waals surface area contributed by atoms with Crippen LogP contribution in [0.15, 0.2) is 261 Å². The quantitative estimate of drug-likeness (QED) is 0.142. The molecule has 0 radical (unpaired) electrons. The van der Waals surface area contributed by atoms with Crippen LogP contribution in [0.2, 0.25) is 0 Å². The average molecular weight is 1120 g/mol. The van der Waals surface area contributed by atoms with Crippen molar-refractivity contribution in [3.63, 3.8) is 0 Å². The molecule has 87 heavy (non-hydrogen) atoms. The van der Waals surface area contributed by atoms with Gasteiger partial charge in [0.05, 0.1) is 33.4 Å². The number of fused-ring (bicyclic) bond motifs is 10. The maximum absolute atomic E-state index is 5.23. The lowest BCUT2D eigenvalue weighted by Crippen LogP contribution is -2.27. The van der Waals surface area contributed by atoms with E-state index in [0.29, 0.717) is 34.9 Å². The van der Waals surface area contributed by atoms with Crippen LogP contribution in [0.1, 0.15) is 49.9 Å². The molecule has 9 nitrogen and oxygen atoms in total. The minimum absolute atomic E-state index is 0.384. The summed E-state index contributed by atoms with van der Waals surface area (Å²) in [5.74, 6) is 3.73. The lowest BCUT2D eigenvalue weighted by molar-refractivity contribution is 0.630. The van der Waals surface area contributed by atoms with Crippen LogP contribution in [0.3, 0.4) is 0 Å². The second-order valence-corrected chi connectivity index (χ2v) is 23.9. The fraction of sp³-hybridized carbons (Fsp3) is 0.0769. The zero-order valence-corrected chi connectivity index (χ0v) is 48.4. The first-order valence-corrected chi connectivity index (χ1v) is 29.7. The van der Waals surface area contributed by atoms with E-state index in [0.717, 1.165) is 83.0 Å². The van der Waals surface area contributed by atoms with E-state index in [4.69, 9.17) is 29.9 Å². The third-order valence-electron chi connectivity index (χ3n) is 18.1. The number of aromatic nitrogens is 8. The number of nitrogens with zero attached hydrogens (tertiary/aromatic N) is 9. The number of anilines is 3. The van der Waals surface area contributed by atoms with Crippen LogP contribution in [-0.4, -0.2) is 39.0 Å². The van der Waals surface area contributed by atoms with Crippen LogP contribution in [-0.2, 0) is 10.8 Å². The Kier molecular flexibility index (Phi) is 11.1. The first-order valence-electron chi connectivity index (χ1n) is 29.7. The van der Waals surface area contributed by atoms with Gasteiger partial charge in [0.25, 0.3) is 0 Å². The van der Waals surface area contributed by atoms with Crippen molar-refractivity contribution in [2.75, 3.05) is 4.90 Å². The SMILES string of the molecule is CC1(C)c2ccccc2-n2c3ccc(-c4nc(-c5ccccc5)nc(-c5ccccc5)n4)cc3c3cc(N(c4ccccc4)c4cc5c6c(c4)c4cc(-c7nc(-c8ccccc8)nc(-c8ccccc8)n7)ccc4n6-c4ccccc4C5(C)C)cc1c32. The number of para-hydroxylation sites is 3. The predicted octanol–water partition coefficient (Wildman–Crippen LogP) is 19.0. The van der Waals surface area contributed by atoms with Gasteiger partial charge in [-0.2, -0.15) is 0 Å². The molecule has 9 heteroatoms. The van der Waals surface area contributed by atoms with Crippen LogP contribution in [0.5, 0.6) is 0 Å². The van der Waals surface area contributed by atoms with Crippen LogP contribution < -0.4 is 4.90 Å². The van der Waals surface area contributed by atoms with Gasteiger partial charge >= 0.3 is 0 Å². The first kappa shape index (κ1) is 50.4. The molecule has 412 valence electrons. The van der Waals surface area contributed by atoms with Gasteiger partial charge in [0.15, 0.2) is 34.9 Å². The topological polar surface area (TPSA) is 90.4 Å². The third-order valence-corrected chi connectivity index (χ3v) is 18.1. The van der Waals surface area contributed by atoms with Gasteiger partial charge < -0.3 is 14.0 Å². The molecule has 0 N–H and O–H groups in total. The molecule has 0 atom stereocenters. The molecule has 0 saturated carbocycles. The lowest BCUT2D eigenvalue weighted by atomic mass is 9.74.